The van der Waals surface area contributed by atoms with Crippen molar-refractivity contribution in [1.29, 1.82) is 0 Å². The molecular weight excluding hydrogens is 270 g/mol. The van der Waals surface area contributed by atoms with Crippen LogP contribution >= 0.6 is 11.6 Å². The molecule has 1 rings (SSSR count). The number of nitrogen functional groups attached to an aromatic ring is 1. The lowest BCUT2D eigenvalue weighted by molar-refractivity contribution is 0.0180. The predicted octanol–water partition coefficient (Wildman–Crippen LogP) is 1.98. The number of hydrogen-bond acceptors (Lipinski definition) is 5. The number of halogens is 1. The van der Waals surface area contributed by atoms with Crippen LogP contribution in [-0.4, -0.2) is 46.8 Å². The molecule has 0 radical (unpaired) electrons. The van der Waals surface area contributed by atoms with Crippen molar-refractivity contribution in [3.05, 3.63) is 23.2 Å². The van der Waals surface area contributed by atoms with E-state index in [1.165, 1.54) is 0 Å². The molecule has 6 heteroatoms. The predicted molar refractivity (Wildman–Crippen MR) is 74.9 cm³/mol. The third kappa shape index (κ3) is 6.63. The molecule has 0 aromatic heterocycles. The van der Waals surface area contributed by atoms with Crippen LogP contribution in [0.15, 0.2) is 18.2 Å². The highest BCUT2D eigenvalue weighted by atomic mass is 35.5. The average molecular weight is 290 g/mol. The number of methoxy groups -OCH3 is 1. The van der Waals surface area contributed by atoms with Gasteiger partial charge in [-0.15, -0.1) is 0 Å². The zero-order chi connectivity index (χ0) is 13.9. The summed E-state index contributed by atoms with van der Waals surface area (Å²) in [6.07, 6.45) is 0. The third-order valence-corrected chi connectivity index (χ3v) is 2.57. The monoisotopic (exact) mass is 289 g/mol. The highest BCUT2D eigenvalue weighted by Gasteiger charge is 2.04. The van der Waals surface area contributed by atoms with Crippen molar-refractivity contribution in [2.75, 3.05) is 52.5 Å². The van der Waals surface area contributed by atoms with E-state index in [4.69, 9.17) is 36.3 Å². The number of benzene rings is 1. The molecule has 0 saturated heterocycles. The summed E-state index contributed by atoms with van der Waals surface area (Å²) < 4.78 is 20.9. The quantitative estimate of drug-likeness (QED) is 0.527. The summed E-state index contributed by atoms with van der Waals surface area (Å²) in [5, 5.41) is 0.503. The van der Waals surface area contributed by atoms with Gasteiger partial charge in [0.25, 0.3) is 0 Å². The van der Waals surface area contributed by atoms with Crippen LogP contribution in [0.3, 0.4) is 0 Å². The molecule has 0 unspecified atom stereocenters. The second-order valence-electron chi connectivity index (χ2n) is 3.72. The lowest BCUT2D eigenvalue weighted by atomic mass is 10.3. The first-order valence-corrected chi connectivity index (χ1v) is 6.44. The van der Waals surface area contributed by atoms with E-state index in [2.05, 4.69) is 0 Å². The van der Waals surface area contributed by atoms with Gasteiger partial charge in [0.15, 0.2) is 5.75 Å². The molecule has 0 aliphatic rings. The number of ether oxygens (including phenoxy) is 4. The van der Waals surface area contributed by atoms with Crippen LogP contribution in [0.2, 0.25) is 5.02 Å². The van der Waals surface area contributed by atoms with E-state index in [1.807, 2.05) is 0 Å². The van der Waals surface area contributed by atoms with Crippen LogP contribution in [-0.2, 0) is 14.2 Å². The number of rotatable bonds is 10. The second kappa shape index (κ2) is 9.86. The van der Waals surface area contributed by atoms with Crippen molar-refractivity contribution in [1.82, 2.24) is 0 Å². The van der Waals surface area contributed by atoms with E-state index >= 15 is 0 Å². The number of hydrogen-bond donors (Lipinski definition) is 1. The van der Waals surface area contributed by atoms with Gasteiger partial charge in [-0.25, -0.2) is 0 Å². The second-order valence-corrected chi connectivity index (χ2v) is 4.13. The zero-order valence-electron chi connectivity index (χ0n) is 11.1. The van der Waals surface area contributed by atoms with Gasteiger partial charge >= 0.3 is 0 Å². The first-order chi connectivity index (χ1) is 9.25. The fraction of sp³-hybridized carbons (Fsp3) is 0.538. The van der Waals surface area contributed by atoms with E-state index in [-0.39, 0.29) is 0 Å². The van der Waals surface area contributed by atoms with Gasteiger partial charge in [-0.1, -0.05) is 17.7 Å². The Labute approximate surface area is 118 Å². The maximum atomic E-state index is 5.96. The molecule has 1 aromatic carbocycles. The molecule has 0 fully saturated rings. The largest absolute Gasteiger partial charge is 0.487 e. The molecule has 2 N–H and O–H groups in total. The van der Waals surface area contributed by atoms with Crippen molar-refractivity contribution < 1.29 is 18.9 Å². The molecule has 0 saturated carbocycles. The van der Waals surface area contributed by atoms with Crippen LogP contribution < -0.4 is 10.5 Å². The topological polar surface area (TPSA) is 62.9 Å². The van der Waals surface area contributed by atoms with Crippen LogP contribution in [0.4, 0.5) is 5.69 Å². The van der Waals surface area contributed by atoms with Crippen molar-refractivity contribution in [3.8, 4) is 5.75 Å². The van der Waals surface area contributed by atoms with Crippen LogP contribution in [0, 0.1) is 0 Å². The minimum Gasteiger partial charge on any atom is -0.487 e. The normalized spacial score (nSPS) is 10.6. The average Bonchev–Trinajstić information content (AvgIpc) is 2.40. The maximum Gasteiger partial charge on any atom is 0.160 e. The van der Waals surface area contributed by atoms with E-state index in [0.29, 0.717) is 56.1 Å². The summed E-state index contributed by atoms with van der Waals surface area (Å²) >= 11 is 5.96. The summed E-state index contributed by atoms with van der Waals surface area (Å²) in [6, 6.07) is 5.25. The van der Waals surface area contributed by atoms with E-state index in [1.54, 1.807) is 25.3 Å². The summed E-state index contributed by atoms with van der Waals surface area (Å²) in [4.78, 5) is 0. The standard InChI is InChI=1S/C13H20ClNO4/c1-16-5-6-17-7-8-18-9-10-19-13-11(14)3-2-4-12(13)15/h2-4H,5-10,15H2,1H3. The Kier molecular flexibility index (Phi) is 8.33. The first-order valence-electron chi connectivity index (χ1n) is 6.07. The lowest BCUT2D eigenvalue weighted by Crippen LogP contribution is -2.12. The number of anilines is 1. The van der Waals surface area contributed by atoms with Gasteiger partial charge in [0.05, 0.1) is 43.7 Å². The molecule has 0 amide bonds. The molecule has 0 atom stereocenters. The SMILES string of the molecule is COCCOCCOCCOc1c(N)cccc1Cl. The molecule has 5 nitrogen and oxygen atoms in total. The Morgan fingerprint density at radius 1 is 1.00 bits per heavy atom. The molecule has 1 aromatic rings. The Morgan fingerprint density at radius 2 is 1.63 bits per heavy atom. The van der Waals surface area contributed by atoms with Crippen LogP contribution in [0.5, 0.6) is 5.75 Å². The smallest absolute Gasteiger partial charge is 0.160 e. The molecule has 0 aliphatic carbocycles. The Bertz CT molecular complexity index is 342. The Morgan fingerprint density at radius 3 is 2.26 bits per heavy atom. The third-order valence-electron chi connectivity index (χ3n) is 2.28. The van der Waals surface area contributed by atoms with E-state index in [0.717, 1.165) is 0 Å². The minimum atomic E-state index is 0.395. The molecule has 108 valence electrons. The van der Waals surface area contributed by atoms with Gasteiger partial charge in [-0.05, 0) is 12.1 Å². The van der Waals surface area contributed by atoms with Gasteiger partial charge < -0.3 is 24.7 Å². The minimum absolute atomic E-state index is 0.395. The fourth-order valence-corrected chi connectivity index (χ4v) is 1.58. The Balaban J connectivity index is 2.05. The highest BCUT2D eigenvalue weighted by molar-refractivity contribution is 6.32. The van der Waals surface area contributed by atoms with E-state index < -0.39 is 0 Å². The van der Waals surface area contributed by atoms with Crippen molar-refractivity contribution in [2.45, 2.75) is 0 Å². The molecule has 0 spiro atoms. The molecule has 0 heterocycles. The number of para-hydroxylation sites is 1. The van der Waals surface area contributed by atoms with E-state index in [9.17, 15) is 0 Å². The summed E-state index contributed by atoms with van der Waals surface area (Å²) in [5.41, 5.74) is 6.27. The van der Waals surface area contributed by atoms with Crippen LogP contribution in [0.1, 0.15) is 0 Å². The van der Waals surface area contributed by atoms with Crippen LogP contribution in [0.25, 0.3) is 0 Å². The molecule has 0 bridgehead atoms. The first kappa shape index (κ1) is 16.0. The highest BCUT2D eigenvalue weighted by Crippen LogP contribution is 2.30. The summed E-state index contributed by atoms with van der Waals surface area (Å²) in [7, 11) is 1.64. The maximum absolute atomic E-state index is 5.96. The van der Waals surface area contributed by atoms with Crippen molar-refractivity contribution >= 4 is 17.3 Å². The van der Waals surface area contributed by atoms with Crippen molar-refractivity contribution in [3.63, 3.8) is 0 Å². The lowest BCUT2D eigenvalue weighted by Gasteiger charge is -2.10. The van der Waals surface area contributed by atoms with Crippen molar-refractivity contribution in [2.24, 2.45) is 0 Å². The summed E-state index contributed by atoms with van der Waals surface area (Å²) in [6.45, 7) is 3.08. The Hall–Kier alpha value is -1.01. The van der Waals surface area contributed by atoms with Gasteiger partial charge in [0, 0.05) is 7.11 Å². The molecule has 0 aliphatic heterocycles. The van der Waals surface area contributed by atoms with Gasteiger partial charge in [0.1, 0.15) is 6.61 Å². The van der Waals surface area contributed by atoms with Gasteiger partial charge in [0.2, 0.25) is 0 Å². The fourth-order valence-electron chi connectivity index (χ4n) is 1.34. The molecule has 19 heavy (non-hydrogen) atoms. The number of nitrogens with two attached hydrogens (primary N) is 1. The zero-order valence-corrected chi connectivity index (χ0v) is 11.8. The summed E-state index contributed by atoms with van der Waals surface area (Å²) in [5.74, 6) is 0.504. The van der Waals surface area contributed by atoms with Gasteiger partial charge in [-0.3, -0.25) is 0 Å². The molecular formula is C13H20ClNO4. The van der Waals surface area contributed by atoms with Gasteiger partial charge in [-0.2, -0.15) is 0 Å².